The first-order valence-corrected chi connectivity index (χ1v) is 30.6. The molecule has 414 valence electrons. The highest BCUT2D eigenvalue weighted by atomic mass is 16.6. The molecule has 1 atom stereocenters. The Morgan fingerprint density at radius 2 is 0.569 bits per heavy atom. The van der Waals surface area contributed by atoms with E-state index in [4.69, 9.17) is 14.2 Å². The van der Waals surface area contributed by atoms with E-state index in [1.807, 2.05) is 0 Å². The molecule has 0 aromatic heterocycles. The number of rotatable bonds is 55. The number of unbranched alkanes of at least 4 members (excludes halogenated alkanes) is 32. The van der Waals surface area contributed by atoms with Crippen molar-refractivity contribution >= 4 is 17.9 Å². The van der Waals surface area contributed by atoms with E-state index in [0.717, 1.165) is 89.9 Å². The van der Waals surface area contributed by atoms with Gasteiger partial charge in [-0.1, -0.05) is 279 Å². The Morgan fingerprint density at radius 1 is 0.292 bits per heavy atom. The smallest absolute Gasteiger partial charge is 0.306 e. The van der Waals surface area contributed by atoms with Crippen LogP contribution in [0, 0.1) is 0 Å². The summed E-state index contributed by atoms with van der Waals surface area (Å²) in [7, 11) is 0. The van der Waals surface area contributed by atoms with Gasteiger partial charge in [0.1, 0.15) is 13.2 Å². The molecule has 0 heterocycles. The zero-order valence-corrected chi connectivity index (χ0v) is 47.4. The molecule has 72 heavy (non-hydrogen) atoms. The standard InChI is InChI=1S/C66H114O6/c1-4-7-10-13-16-19-22-25-28-31-33-36-38-41-44-47-50-53-56-59-65(68)71-62-63(61-70-64(67)58-55-52-49-46-43-40-37-34-30-27-24-21-18-15-12-9-6-3)72-66(69)60-57-54-51-48-45-42-39-35-32-29-26-23-20-17-14-11-8-5-2/h18,21,23,26-27,29-30,32,35,37,39-40,46,49,63H,4-17,19-20,22,24-25,28,31,33-34,36,38,41-45,47-48,50-62H2,1-3H3/b21-18-,26-23-,30-27-,32-29-,39-35-,40-37-,49-46-. The van der Waals surface area contributed by atoms with Crippen molar-refractivity contribution in [2.24, 2.45) is 0 Å². The molecular weight excluding hydrogens is 889 g/mol. The molecule has 1 unspecified atom stereocenters. The number of allylic oxidation sites excluding steroid dienone is 14. The molecule has 6 heteroatoms. The molecule has 0 aliphatic rings. The van der Waals surface area contributed by atoms with E-state index in [1.54, 1.807) is 0 Å². The van der Waals surface area contributed by atoms with Crippen LogP contribution in [0.1, 0.15) is 297 Å². The van der Waals surface area contributed by atoms with Crippen LogP contribution in [0.3, 0.4) is 0 Å². The van der Waals surface area contributed by atoms with Crippen LogP contribution < -0.4 is 0 Å². The zero-order chi connectivity index (χ0) is 52.2. The Labute approximate surface area is 445 Å². The minimum Gasteiger partial charge on any atom is -0.462 e. The summed E-state index contributed by atoms with van der Waals surface area (Å²) in [5, 5.41) is 0. The largest absolute Gasteiger partial charge is 0.462 e. The minimum absolute atomic E-state index is 0.0999. The van der Waals surface area contributed by atoms with Crippen molar-refractivity contribution in [1.29, 1.82) is 0 Å². The second kappa shape index (κ2) is 60.1. The molecule has 0 aliphatic heterocycles. The maximum atomic E-state index is 12.9. The fraction of sp³-hybridized carbons (Fsp3) is 0.742. The van der Waals surface area contributed by atoms with Crippen molar-refractivity contribution in [2.75, 3.05) is 13.2 Å². The summed E-state index contributed by atoms with van der Waals surface area (Å²) >= 11 is 0. The quantitative estimate of drug-likeness (QED) is 0.0199. The van der Waals surface area contributed by atoms with Gasteiger partial charge in [0.2, 0.25) is 0 Å². The van der Waals surface area contributed by atoms with Gasteiger partial charge in [0.15, 0.2) is 6.10 Å². The zero-order valence-electron chi connectivity index (χ0n) is 47.4. The second-order valence-corrected chi connectivity index (χ2v) is 20.3. The lowest BCUT2D eigenvalue weighted by molar-refractivity contribution is -0.167. The van der Waals surface area contributed by atoms with E-state index in [1.165, 1.54) is 161 Å². The molecule has 0 spiro atoms. The molecule has 0 amide bonds. The van der Waals surface area contributed by atoms with Crippen LogP contribution in [-0.4, -0.2) is 37.2 Å². The molecule has 0 radical (unpaired) electrons. The van der Waals surface area contributed by atoms with Gasteiger partial charge in [-0.25, -0.2) is 0 Å². The average Bonchev–Trinajstić information content (AvgIpc) is 3.38. The van der Waals surface area contributed by atoms with Crippen LogP contribution in [0.25, 0.3) is 0 Å². The summed E-state index contributed by atoms with van der Waals surface area (Å²) in [4.78, 5) is 38.2. The first kappa shape index (κ1) is 68.6. The van der Waals surface area contributed by atoms with Crippen LogP contribution in [0.4, 0.5) is 0 Å². The van der Waals surface area contributed by atoms with Gasteiger partial charge < -0.3 is 14.2 Å². The predicted molar refractivity (Wildman–Crippen MR) is 311 cm³/mol. The maximum absolute atomic E-state index is 12.9. The first-order valence-electron chi connectivity index (χ1n) is 30.6. The van der Waals surface area contributed by atoms with E-state index < -0.39 is 6.10 Å². The molecule has 6 nitrogen and oxygen atoms in total. The highest BCUT2D eigenvalue weighted by Crippen LogP contribution is 2.16. The molecule has 0 bridgehead atoms. The van der Waals surface area contributed by atoms with Gasteiger partial charge in [0, 0.05) is 19.3 Å². The minimum atomic E-state index is -0.809. The van der Waals surface area contributed by atoms with Gasteiger partial charge in [-0.3, -0.25) is 14.4 Å². The number of ether oxygens (including phenoxy) is 3. The molecular formula is C66H114O6. The number of esters is 3. The lowest BCUT2D eigenvalue weighted by atomic mass is 10.0. The summed E-state index contributed by atoms with van der Waals surface area (Å²) in [5.74, 6) is -0.968. The van der Waals surface area contributed by atoms with Gasteiger partial charge in [-0.15, -0.1) is 0 Å². The molecule has 0 saturated carbocycles. The van der Waals surface area contributed by atoms with Crippen molar-refractivity contribution in [2.45, 2.75) is 303 Å². The summed E-state index contributed by atoms with van der Waals surface area (Å²) < 4.78 is 16.8. The molecule has 0 aliphatic carbocycles. The number of hydrogen-bond acceptors (Lipinski definition) is 6. The van der Waals surface area contributed by atoms with Crippen molar-refractivity contribution in [1.82, 2.24) is 0 Å². The number of hydrogen-bond donors (Lipinski definition) is 0. The van der Waals surface area contributed by atoms with Gasteiger partial charge in [0.25, 0.3) is 0 Å². The maximum Gasteiger partial charge on any atom is 0.306 e. The highest BCUT2D eigenvalue weighted by Gasteiger charge is 2.19. The molecule has 0 aromatic rings. The van der Waals surface area contributed by atoms with Crippen LogP contribution in [0.2, 0.25) is 0 Å². The Balaban J connectivity index is 4.48. The van der Waals surface area contributed by atoms with E-state index in [0.29, 0.717) is 19.3 Å². The van der Waals surface area contributed by atoms with Gasteiger partial charge in [-0.05, 0) is 83.5 Å². The summed E-state index contributed by atoms with van der Waals surface area (Å²) in [6, 6.07) is 0. The van der Waals surface area contributed by atoms with Crippen LogP contribution in [0.5, 0.6) is 0 Å². The van der Waals surface area contributed by atoms with Crippen molar-refractivity contribution in [3.8, 4) is 0 Å². The monoisotopic (exact) mass is 1000 g/mol. The van der Waals surface area contributed by atoms with E-state index in [2.05, 4.69) is 106 Å². The van der Waals surface area contributed by atoms with E-state index in [9.17, 15) is 14.4 Å². The lowest BCUT2D eigenvalue weighted by Gasteiger charge is -2.18. The Morgan fingerprint density at radius 3 is 0.972 bits per heavy atom. The van der Waals surface area contributed by atoms with Gasteiger partial charge in [-0.2, -0.15) is 0 Å². The third-order valence-electron chi connectivity index (χ3n) is 13.2. The average molecular weight is 1000 g/mol. The van der Waals surface area contributed by atoms with Crippen LogP contribution >= 0.6 is 0 Å². The number of carbonyl (C=O) groups is 3. The predicted octanol–water partition coefficient (Wildman–Crippen LogP) is 20.7. The molecule has 0 rings (SSSR count). The normalized spacial score (nSPS) is 12.7. The summed E-state index contributed by atoms with van der Waals surface area (Å²) in [6.07, 6.45) is 78.7. The third-order valence-corrected chi connectivity index (χ3v) is 13.2. The lowest BCUT2D eigenvalue weighted by Crippen LogP contribution is -2.30. The summed E-state index contributed by atoms with van der Waals surface area (Å²) in [6.45, 7) is 6.56. The Bertz CT molecular complexity index is 1380. The Kier molecular flexibility index (Phi) is 57.3. The van der Waals surface area contributed by atoms with Crippen LogP contribution in [-0.2, 0) is 28.6 Å². The van der Waals surface area contributed by atoms with Gasteiger partial charge >= 0.3 is 17.9 Å². The number of carbonyl (C=O) groups excluding carboxylic acids is 3. The molecule has 0 N–H and O–H groups in total. The van der Waals surface area contributed by atoms with E-state index in [-0.39, 0.29) is 37.5 Å². The Hall–Kier alpha value is -3.41. The van der Waals surface area contributed by atoms with E-state index >= 15 is 0 Å². The van der Waals surface area contributed by atoms with Crippen molar-refractivity contribution in [3.63, 3.8) is 0 Å². The van der Waals surface area contributed by atoms with Crippen LogP contribution in [0.15, 0.2) is 85.1 Å². The molecule has 0 aromatic carbocycles. The first-order chi connectivity index (χ1) is 35.5. The molecule has 0 saturated heterocycles. The highest BCUT2D eigenvalue weighted by molar-refractivity contribution is 5.71. The fourth-order valence-corrected chi connectivity index (χ4v) is 8.56. The van der Waals surface area contributed by atoms with Crippen molar-refractivity contribution in [3.05, 3.63) is 85.1 Å². The topological polar surface area (TPSA) is 78.9 Å². The third kappa shape index (κ3) is 57.5. The molecule has 0 fully saturated rings. The fourth-order valence-electron chi connectivity index (χ4n) is 8.56. The second-order valence-electron chi connectivity index (χ2n) is 20.3. The SMILES string of the molecule is CCCCC/C=C\C/C=C\C/C=C\C/C=C\CCCC(=O)OCC(COC(=O)CCCCCCCCCCCCCCCCCCCCC)OC(=O)CCCCCCC\C=C/C=C\C=C/CCCCCCC. The van der Waals surface area contributed by atoms with Crippen molar-refractivity contribution < 1.29 is 28.6 Å². The van der Waals surface area contributed by atoms with Gasteiger partial charge in [0.05, 0.1) is 0 Å². The summed E-state index contributed by atoms with van der Waals surface area (Å²) in [5.41, 5.74) is 0.